The summed E-state index contributed by atoms with van der Waals surface area (Å²) in [5.74, 6) is -1.02. The highest BCUT2D eigenvalue weighted by molar-refractivity contribution is 6.32. The van der Waals surface area contributed by atoms with Crippen LogP contribution < -0.4 is 10.5 Å². The van der Waals surface area contributed by atoms with Crippen molar-refractivity contribution in [3.05, 3.63) is 52.8 Å². The lowest BCUT2D eigenvalue weighted by atomic mass is 10.2. The van der Waals surface area contributed by atoms with Gasteiger partial charge in [0.2, 0.25) is 0 Å². The van der Waals surface area contributed by atoms with Crippen molar-refractivity contribution in [1.82, 2.24) is 0 Å². The summed E-state index contributed by atoms with van der Waals surface area (Å²) in [6.07, 6.45) is 0. The van der Waals surface area contributed by atoms with E-state index in [9.17, 15) is 9.18 Å². The molecule has 2 aromatic rings. The lowest BCUT2D eigenvalue weighted by Crippen LogP contribution is -2.02. The minimum atomic E-state index is -1.12. The normalized spacial score (nSPS) is 10.2. The molecule has 0 saturated heterocycles. The third-order valence-corrected chi connectivity index (χ3v) is 2.67. The average Bonchev–Trinajstić information content (AvgIpc) is 2.32. The average molecular weight is 282 g/mol. The van der Waals surface area contributed by atoms with Crippen molar-refractivity contribution in [3.63, 3.8) is 0 Å². The molecule has 0 aromatic heterocycles. The third kappa shape index (κ3) is 2.95. The van der Waals surface area contributed by atoms with Gasteiger partial charge in [-0.1, -0.05) is 11.6 Å². The fraction of sp³-hybridized carbons (Fsp3) is 0. The van der Waals surface area contributed by atoms with Crippen LogP contribution in [0.3, 0.4) is 0 Å². The van der Waals surface area contributed by atoms with Crippen LogP contribution in [-0.2, 0) is 0 Å². The van der Waals surface area contributed by atoms with Gasteiger partial charge in [-0.15, -0.1) is 0 Å². The lowest BCUT2D eigenvalue weighted by molar-refractivity contribution is 0.0698. The van der Waals surface area contributed by atoms with Gasteiger partial charge in [0, 0.05) is 11.8 Å². The predicted molar refractivity (Wildman–Crippen MR) is 69.3 cm³/mol. The van der Waals surface area contributed by atoms with E-state index in [1.165, 1.54) is 30.3 Å². The van der Waals surface area contributed by atoms with E-state index in [1.807, 2.05) is 0 Å². The van der Waals surface area contributed by atoms with Crippen molar-refractivity contribution in [2.75, 3.05) is 5.73 Å². The number of carboxylic acids is 1. The Labute approximate surface area is 113 Å². The molecule has 98 valence electrons. The summed E-state index contributed by atoms with van der Waals surface area (Å²) >= 11 is 5.81. The van der Waals surface area contributed by atoms with Crippen LogP contribution in [0.15, 0.2) is 36.4 Å². The quantitative estimate of drug-likeness (QED) is 0.844. The smallest absolute Gasteiger partial charge is 0.337 e. The molecule has 0 fully saturated rings. The molecule has 0 atom stereocenters. The first-order chi connectivity index (χ1) is 8.97. The Morgan fingerprint density at radius 3 is 2.58 bits per heavy atom. The predicted octanol–water partition coefficient (Wildman–Crippen LogP) is 3.55. The van der Waals surface area contributed by atoms with Gasteiger partial charge >= 0.3 is 5.97 Å². The van der Waals surface area contributed by atoms with E-state index in [0.29, 0.717) is 5.75 Å². The third-order valence-electron chi connectivity index (χ3n) is 2.38. The van der Waals surface area contributed by atoms with Crippen molar-refractivity contribution >= 4 is 23.3 Å². The Morgan fingerprint density at radius 2 is 2.00 bits per heavy atom. The van der Waals surface area contributed by atoms with Gasteiger partial charge in [-0.3, -0.25) is 0 Å². The van der Waals surface area contributed by atoms with Crippen LogP contribution in [0.25, 0.3) is 0 Å². The molecule has 0 heterocycles. The zero-order valence-corrected chi connectivity index (χ0v) is 10.3. The van der Waals surface area contributed by atoms with Gasteiger partial charge in [-0.2, -0.15) is 0 Å². The first-order valence-electron chi connectivity index (χ1n) is 5.23. The van der Waals surface area contributed by atoms with Crippen LogP contribution in [0.1, 0.15) is 10.4 Å². The zero-order chi connectivity index (χ0) is 14.0. The zero-order valence-electron chi connectivity index (χ0n) is 9.56. The second-order valence-electron chi connectivity index (χ2n) is 3.73. The molecule has 0 saturated carbocycles. The topological polar surface area (TPSA) is 72.5 Å². The molecule has 0 unspecified atom stereocenters. The number of rotatable bonds is 3. The second kappa shape index (κ2) is 5.16. The second-order valence-corrected chi connectivity index (χ2v) is 4.14. The number of anilines is 1. The highest BCUT2D eigenvalue weighted by atomic mass is 35.5. The van der Waals surface area contributed by atoms with Crippen molar-refractivity contribution in [2.24, 2.45) is 0 Å². The molecular formula is C13H9ClFNO3. The summed E-state index contributed by atoms with van der Waals surface area (Å²) in [6.45, 7) is 0. The van der Waals surface area contributed by atoms with Crippen LogP contribution >= 0.6 is 11.6 Å². The molecule has 0 spiro atoms. The van der Waals surface area contributed by atoms with Crippen molar-refractivity contribution < 1.29 is 19.0 Å². The summed E-state index contributed by atoms with van der Waals surface area (Å²) in [7, 11) is 0. The standard InChI is InChI=1S/C13H9ClFNO3/c14-10-5-7(15)1-4-12(10)19-8-2-3-9(13(17)18)11(16)6-8/h1-6H,16H2,(H,17,18). The van der Waals surface area contributed by atoms with Gasteiger partial charge in [0.25, 0.3) is 0 Å². The molecule has 0 amide bonds. The molecular weight excluding hydrogens is 273 g/mol. The molecule has 2 aromatic carbocycles. The van der Waals surface area contributed by atoms with Gasteiger partial charge in [0.05, 0.1) is 10.6 Å². The van der Waals surface area contributed by atoms with Crippen LogP contribution in [0.5, 0.6) is 11.5 Å². The molecule has 0 aliphatic carbocycles. The van der Waals surface area contributed by atoms with Crippen LogP contribution in [0, 0.1) is 5.82 Å². The Balaban J connectivity index is 2.29. The van der Waals surface area contributed by atoms with Crippen LogP contribution in [0.2, 0.25) is 5.02 Å². The maximum Gasteiger partial charge on any atom is 0.337 e. The van der Waals surface area contributed by atoms with Crippen molar-refractivity contribution in [2.45, 2.75) is 0 Å². The number of hydrogen-bond donors (Lipinski definition) is 2. The number of hydrogen-bond acceptors (Lipinski definition) is 3. The Hall–Kier alpha value is -2.27. The number of aromatic carboxylic acids is 1. The van der Waals surface area contributed by atoms with E-state index in [-0.39, 0.29) is 22.0 Å². The molecule has 19 heavy (non-hydrogen) atoms. The van der Waals surface area contributed by atoms with Gasteiger partial charge in [-0.05, 0) is 30.3 Å². The summed E-state index contributed by atoms with van der Waals surface area (Å²) in [5.41, 5.74) is 5.64. The summed E-state index contributed by atoms with van der Waals surface area (Å²) in [5, 5.41) is 8.95. The Bertz CT molecular complexity index is 646. The monoisotopic (exact) mass is 281 g/mol. The first-order valence-corrected chi connectivity index (χ1v) is 5.61. The van der Waals surface area contributed by atoms with E-state index in [0.717, 1.165) is 6.07 Å². The molecule has 2 rings (SSSR count). The minimum absolute atomic E-state index is 0.0162. The largest absolute Gasteiger partial charge is 0.478 e. The fourth-order valence-corrected chi connectivity index (χ4v) is 1.69. The van der Waals surface area contributed by atoms with Gasteiger partial charge in [-0.25, -0.2) is 9.18 Å². The maximum absolute atomic E-state index is 12.9. The highest BCUT2D eigenvalue weighted by Gasteiger charge is 2.10. The van der Waals surface area contributed by atoms with E-state index in [2.05, 4.69) is 0 Å². The number of halogens is 2. The van der Waals surface area contributed by atoms with Crippen LogP contribution in [0.4, 0.5) is 10.1 Å². The number of nitrogens with two attached hydrogens (primary N) is 1. The maximum atomic E-state index is 12.9. The van der Waals surface area contributed by atoms with E-state index in [4.69, 9.17) is 27.2 Å². The van der Waals surface area contributed by atoms with Crippen molar-refractivity contribution in [1.29, 1.82) is 0 Å². The van der Waals surface area contributed by atoms with Gasteiger partial charge < -0.3 is 15.6 Å². The molecule has 3 N–H and O–H groups in total. The fourth-order valence-electron chi connectivity index (χ4n) is 1.48. The molecule has 4 nitrogen and oxygen atoms in total. The number of carbonyl (C=O) groups is 1. The number of ether oxygens (including phenoxy) is 1. The van der Waals surface area contributed by atoms with Crippen molar-refractivity contribution in [3.8, 4) is 11.5 Å². The molecule has 6 heteroatoms. The van der Waals surface area contributed by atoms with E-state index in [1.54, 1.807) is 0 Å². The first kappa shape index (κ1) is 13.2. The summed E-state index contributed by atoms with van der Waals surface area (Å²) in [6, 6.07) is 7.83. The van der Waals surface area contributed by atoms with E-state index >= 15 is 0 Å². The molecule has 0 aliphatic heterocycles. The molecule has 0 bridgehead atoms. The number of carboxylic acid groups (broad SMARTS) is 1. The van der Waals surface area contributed by atoms with Crippen LogP contribution in [-0.4, -0.2) is 11.1 Å². The van der Waals surface area contributed by atoms with Gasteiger partial charge in [0.15, 0.2) is 0 Å². The number of nitrogen functional groups attached to an aromatic ring is 1. The Morgan fingerprint density at radius 1 is 1.26 bits per heavy atom. The number of benzene rings is 2. The lowest BCUT2D eigenvalue weighted by Gasteiger charge is -2.09. The molecule has 0 radical (unpaired) electrons. The summed E-state index contributed by atoms with van der Waals surface area (Å²) in [4.78, 5) is 10.8. The minimum Gasteiger partial charge on any atom is -0.478 e. The SMILES string of the molecule is Nc1cc(Oc2ccc(F)cc2Cl)ccc1C(=O)O. The Kier molecular flexibility index (Phi) is 3.57. The molecule has 0 aliphatic rings. The van der Waals surface area contributed by atoms with E-state index < -0.39 is 11.8 Å². The van der Waals surface area contributed by atoms with Gasteiger partial charge in [0.1, 0.15) is 17.3 Å². The highest BCUT2D eigenvalue weighted by Crippen LogP contribution is 2.31. The summed E-state index contributed by atoms with van der Waals surface area (Å²) < 4.78 is 18.3.